The summed E-state index contributed by atoms with van der Waals surface area (Å²) in [6.45, 7) is 13.1. The van der Waals surface area contributed by atoms with Gasteiger partial charge in [0.25, 0.3) is 0 Å². The van der Waals surface area contributed by atoms with E-state index in [-0.39, 0.29) is 23.6 Å². The molecule has 1 atom stereocenters. The lowest BCUT2D eigenvalue weighted by Gasteiger charge is -2.22. The van der Waals surface area contributed by atoms with Crippen molar-refractivity contribution in [1.82, 2.24) is 5.32 Å². The number of hydrogen-bond donors (Lipinski definition) is 2. The van der Waals surface area contributed by atoms with Gasteiger partial charge in [0, 0.05) is 12.1 Å². The Bertz CT molecular complexity index is 1090. The normalized spacial score (nSPS) is 13.0. The minimum atomic E-state index is -3.60. The zero-order valence-corrected chi connectivity index (χ0v) is 21.3. The van der Waals surface area contributed by atoms with E-state index in [1.807, 2.05) is 18.2 Å². The fourth-order valence-electron chi connectivity index (χ4n) is 3.13. The lowest BCUT2D eigenvalue weighted by molar-refractivity contribution is -0.122. The van der Waals surface area contributed by atoms with Gasteiger partial charge in [0.1, 0.15) is 11.6 Å². The van der Waals surface area contributed by atoms with E-state index in [2.05, 4.69) is 44.7 Å². The first kappa shape index (κ1) is 26.6. The minimum absolute atomic E-state index is 0.0333. The zero-order valence-electron chi connectivity index (χ0n) is 20.5. The number of rotatable bonds is 9. The van der Waals surface area contributed by atoms with Gasteiger partial charge in [-0.25, -0.2) is 12.8 Å². The largest absolute Gasteiger partial charge is 0.493 e. The van der Waals surface area contributed by atoms with Crippen LogP contribution in [0.2, 0.25) is 0 Å². The van der Waals surface area contributed by atoms with Crippen molar-refractivity contribution in [2.45, 2.75) is 59.4 Å². The van der Waals surface area contributed by atoms with Crippen LogP contribution in [0, 0.1) is 11.7 Å². The molecule has 1 amide bonds. The van der Waals surface area contributed by atoms with Crippen molar-refractivity contribution in [2.24, 2.45) is 5.92 Å². The molecule has 0 fully saturated rings. The van der Waals surface area contributed by atoms with Crippen LogP contribution in [0.3, 0.4) is 0 Å². The first-order valence-electron chi connectivity index (χ1n) is 11.0. The van der Waals surface area contributed by atoms with Crippen LogP contribution >= 0.6 is 0 Å². The molecule has 0 heterocycles. The fraction of sp³-hybridized carbons (Fsp3) is 0.480. The third kappa shape index (κ3) is 8.03. The van der Waals surface area contributed by atoms with Crippen molar-refractivity contribution < 1.29 is 22.3 Å². The molecular formula is C25H35FN2O4S. The van der Waals surface area contributed by atoms with Gasteiger partial charge >= 0.3 is 0 Å². The molecule has 6 nitrogen and oxygen atoms in total. The lowest BCUT2D eigenvalue weighted by Crippen LogP contribution is -2.28. The summed E-state index contributed by atoms with van der Waals surface area (Å²) in [7, 11) is -3.60. The average Bonchev–Trinajstić information content (AvgIpc) is 2.69. The number of nitrogens with one attached hydrogen (secondary N) is 2. The molecule has 0 radical (unpaired) electrons. The van der Waals surface area contributed by atoms with Crippen LogP contribution in [0.4, 0.5) is 10.1 Å². The molecule has 2 aromatic carbocycles. The molecule has 2 rings (SSSR count). The van der Waals surface area contributed by atoms with Gasteiger partial charge in [-0.3, -0.25) is 9.52 Å². The molecule has 2 aromatic rings. The molecule has 0 aliphatic rings. The molecule has 0 aliphatic carbocycles. The Kier molecular flexibility index (Phi) is 8.52. The smallest absolute Gasteiger partial charge is 0.229 e. The van der Waals surface area contributed by atoms with Crippen molar-refractivity contribution in [3.05, 3.63) is 58.9 Å². The average molecular weight is 479 g/mol. The van der Waals surface area contributed by atoms with Gasteiger partial charge in [0.05, 0.1) is 24.5 Å². The van der Waals surface area contributed by atoms with Crippen LogP contribution in [0.1, 0.15) is 64.2 Å². The fourth-order valence-corrected chi connectivity index (χ4v) is 3.69. The number of halogens is 1. The molecule has 8 heteroatoms. The highest BCUT2D eigenvalue weighted by Crippen LogP contribution is 2.29. The van der Waals surface area contributed by atoms with Gasteiger partial charge in [-0.05, 0) is 47.6 Å². The number of hydrogen-bond acceptors (Lipinski definition) is 4. The summed E-state index contributed by atoms with van der Waals surface area (Å²) in [5.74, 6) is -0.527. The zero-order chi connectivity index (χ0) is 25.0. The SMILES string of the molecule is CC(C)COc1cc(C(C)(C)C)ccc1CNC(=O)C(C)c1ccc(NS(C)(=O)=O)c(F)c1. The standard InChI is InChI=1S/C25H35FN2O4S/c1-16(2)15-32-23-13-20(25(4,5)6)10-8-19(23)14-27-24(29)17(3)18-9-11-22(21(26)12-18)28-33(7,30)31/h8-13,16-17,28H,14-15H2,1-7H3,(H,27,29). The summed E-state index contributed by atoms with van der Waals surface area (Å²) in [4.78, 5) is 12.8. The van der Waals surface area contributed by atoms with E-state index in [1.165, 1.54) is 18.2 Å². The third-order valence-corrected chi connectivity index (χ3v) is 5.73. The van der Waals surface area contributed by atoms with Crippen LogP contribution in [-0.2, 0) is 26.8 Å². The Labute approximate surface area is 197 Å². The number of anilines is 1. The minimum Gasteiger partial charge on any atom is -0.493 e. The monoisotopic (exact) mass is 478 g/mol. The van der Waals surface area contributed by atoms with Gasteiger partial charge in [0.15, 0.2) is 0 Å². The maximum atomic E-state index is 14.3. The summed E-state index contributed by atoms with van der Waals surface area (Å²) in [5.41, 5.74) is 2.27. The van der Waals surface area contributed by atoms with Crippen molar-refractivity contribution in [1.29, 1.82) is 0 Å². The highest BCUT2D eigenvalue weighted by molar-refractivity contribution is 7.92. The molecule has 0 aromatic heterocycles. The van der Waals surface area contributed by atoms with Crippen LogP contribution in [0.25, 0.3) is 0 Å². The molecule has 0 aliphatic heterocycles. The second kappa shape index (κ2) is 10.5. The summed E-state index contributed by atoms with van der Waals surface area (Å²) in [6, 6.07) is 10.1. The van der Waals surface area contributed by atoms with E-state index in [1.54, 1.807) is 6.92 Å². The Balaban J connectivity index is 2.15. The molecule has 33 heavy (non-hydrogen) atoms. The predicted molar refractivity (Wildman–Crippen MR) is 131 cm³/mol. The number of carbonyl (C=O) groups excluding carboxylic acids is 1. The second-order valence-corrected chi connectivity index (χ2v) is 11.6. The van der Waals surface area contributed by atoms with Gasteiger partial charge in [-0.15, -0.1) is 0 Å². The molecule has 0 saturated heterocycles. The quantitative estimate of drug-likeness (QED) is 0.534. The second-order valence-electron chi connectivity index (χ2n) is 9.83. The number of ether oxygens (including phenoxy) is 1. The van der Waals surface area contributed by atoms with E-state index in [0.29, 0.717) is 18.1 Å². The molecule has 182 valence electrons. The molecule has 1 unspecified atom stereocenters. The Morgan fingerprint density at radius 3 is 2.30 bits per heavy atom. The predicted octanol–water partition coefficient (Wildman–Crippen LogP) is 4.95. The summed E-state index contributed by atoms with van der Waals surface area (Å²) < 4.78 is 45.1. The van der Waals surface area contributed by atoms with Crippen LogP contribution in [-0.4, -0.2) is 27.2 Å². The van der Waals surface area contributed by atoms with Gasteiger partial charge in [0.2, 0.25) is 15.9 Å². The number of amides is 1. The van der Waals surface area contributed by atoms with Crippen LogP contribution in [0.5, 0.6) is 5.75 Å². The highest BCUT2D eigenvalue weighted by Gasteiger charge is 2.20. The van der Waals surface area contributed by atoms with Crippen LogP contribution in [0.15, 0.2) is 36.4 Å². The lowest BCUT2D eigenvalue weighted by atomic mass is 9.86. The highest BCUT2D eigenvalue weighted by atomic mass is 32.2. The number of carbonyl (C=O) groups is 1. The Morgan fingerprint density at radius 2 is 1.76 bits per heavy atom. The number of benzene rings is 2. The van der Waals surface area contributed by atoms with Crippen molar-refractivity contribution >= 4 is 21.6 Å². The van der Waals surface area contributed by atoms with E-state index in [0.717, 1.165) is 23.1 Å². The molecular weight excluding hydrogens is 443 g/mol. The van der Waals surface area contributed by atoms with Crippen molar-refractivity contribution in [3.63, 3.8) is 0 Å². The van der Waals surface area contributed by atoms with Gasteiger partial charge in [-0.1, -0.05) is 52.8 Å². The molecule has 2 N–H and O–H groups in total. The van der Waals surface area contributed by atoms with Crippen molar-refractivity contribution in [2.75, 3.05) is 17.6 Å². The summed E-state index contributed by atoms with van der Waals surface area (Å²) in [5, 5.41) is 2.90. The van der Waals surface area contributed by atoms with E-state index in [4.69, 9.17) is 4.74 Å². The van der Waals surface area contributed by atoms with Gasteiger partial charge in [-0.2, -0.15) is 0 Å². The molecule has 0 bridgehead atoms. The summed E-state index contributed by atoms with van der Waals surface area (Å²) >= 11 is 0. The molecule has 0 saturated carbocycles. The topological polar surface area (TPSA) is 84.5 Å². The summed E-state index contributed by atoms with van der Waals surface area (Å²) in [6.07, 6.45) is 0.948. The van der Waals surface area contributed by atoms with E-state index < -0.39 is 21.8 Å². The van der Waals surface area contributed by atoms with E-state index in [9.17, 15) is 17.6 Å². The Morgan fingerprint density at radius 1 is 1.09 bits per heavy atom. The third-order valence-electron chi connectivity index (χ3n) is 5.14. The van der Waals surface area contributed by atoms with Crippen molar-refractivity contribution in [3.8, 4) is 5.75 Å². The van der Waals surface area contributed by atoms with Crippen LogP contribution < -0.4 is 14.8 Å². The molecule has 0 spiro atoms. The maximum absolute atomic E-state index is 14.3. The Hall–Kier alpha value is -2.61. The number of sulfonamides is 1. The van der Waals surface area contributed by atoms with E-state index >= 15 is 0 Å². The van der Waals surface area contributed by atoms with Gasteiger partial charge < -0.3 is 10.1 Å². The first-order valence-corrected chi connectivity index (χ1v) is 12.9. The maximum Gasteiger partial charge on any atom is 0.229 e. The first-order chi connectivity index (χ1) is 15.2.